The Morgan fingerprint density at radius 1 is 0.750 bits per heavy atom. The smallest absolute Gasteiger partial charge is 0.151 e. The van der Waals surface area contributed by atoms with Crippen molar-refractivity contribution in [1.29, 1.82) is 0 Å². The maximum atomic E-state index is 10.0. The van der Waals surface area contributed by atoms with Gasteiger partial charge < -0.3 is 50.4 Å². The molecule has 0 unspecified atom stereocenters. The monoisotopic (exact) mass is 574 g/mol. The first-order valence-electron chi connectivity index (χ1n) is 6.56. The van der Waals surface area contributed by atoms with Crippen molar-refractivity contribution in [1.82, 2.24) is 0 Å². The van der Waals surface area contributed by atoms with Crippen LogP contribution in [0.4, 0.5) is 0 Å². The van der Waals surface area contributed by atoms with Crippen LogP contribution in [0.3, 0.4) is 0 Å². The van der Waals surface area contributed by atoms with Crippen molar-refractivity contribution in [2.24, 2.45) is 0 Å². The van der Waals surface area contributed by atoms with Crippen LogP contribution in [0.15, 0.2) is 0 Å². The Morgan fingerprint density at radius 3 is 1.50 bits per heavy atom. The van der Waals surface area contributed by atoms with Crippen LogP contribution < -0.4 is 0 Å². The number of halogens is 2. The van der Waals surface area contributed by atoms with Crippen molar-refractivity contribution in [3.8, 4) is 0 Å². The van der Waals surface area contributed by atoms with Crippen molar-refractivity contribution >= 4 is 57.8 Å². The lowest BCUT2D eigenvalue weighted by Crippen LogP contribution is -2.45. The Morgan fingerprint density at radius 2 is 1.17 bits per heavy atom. The Kier molecular flexibility index (Phi) is 16.3. The van der Waals surface area contributed by atoms with Gasteiger partial charge in [0, 0.05) is 4.43 Å². The minimum atomic E-state index is -1.66. The van der Waals surface area contributed by atoms with Gasteiger partial charge in [0.25, 0.3) is 0 Å². The van der Waals surface area contributed by atoms with Gasteiger partial charge >= 0.3 is 0 Å². The van der Waals surface area contributed by atoms with E-state index in [1.54, 1.807) is 45.2 Å². The lowest BCUT2D eigenvalue weighted by Gasteiger charge is -2.22. The third-order valence-corrected chi connectivity index (χ3v) is 5.23. The fraction of sp³-hybridized carbons (Fsp3) is 0.833. The van der Waals surface area contributed by atoms with Crippen LogP contribution in [0.2, 0.25) is 0 Å². The van der Waals surface area contributed by atoms with Crippen molar-refractivity contribution in [2.45, 2.75) is 46.7 Å². The van der Waals surface area contributed by atoms with E-state index in [0.717, 1.165) is 0 Å². The molecule has 144 valence electrons. The number of rotatable bonds is 10. The molecular weight excluding hydrogens is 552 g/mol. The molecule has 0 spiro atoms. The second-order valence-electron chi connectivity index (χ2n) is 4.64. The molecule has 0 aliphatic heterocycles. The highest BCUT2D eigenvalue weighted by atomic mass is 124. The molecule has 0 radical (unpaired) electrons. The minimum absolute atomic E-state index is 0.105. The molecule has 0 aliphatic rings. The van der Waals surface area contributed by atoms with E-state index in [0.29, 0.717) is 0 Å². The van der Waals surface area contributed by atoms with Gasteiger partial charge in [-0.25, -0.2) is 0 Å². The molecule has 0 aromatic rings. The number of hydrogen-bond donors (Lipinski definition) is 8. The first-order chi connectivity index (χ1) is 11.1. The minimum Gasteiger partial charge on any atom is -0.394 e. The summed E-state index contributed by atoms with van der Waals surface area (Å²) in [5.41, 5.74) is 0. The molecule has 0 aromatic carbocycles. The summed E-state index contributed by atoms with van der Waals surface area (Å²) >= 11 is 3.46. The molecule has 0 amide bonds. The zero-order valence-corrected chi connectivity index (χ0v) is 16.7. The fourth-order valence-corrected chi connectivity index (χ4v) is 2.37. The average Bonchev–Trinajstić information content (AvgIpc) is 2.62. The van der Waals surface area contributed by atoms with Gasteiger partial charge in [-0.1, -0.05) is 45.2 Å². The number of carbonyl (C=O) groups is 2. The summed E-state index contributed by atoms with van der Waals surface area (Å²) < 4.78 is -0.561. The SMILES string of the molecule is O=C[C@@H](O)[C@@H](O)[C@H](O)[C@H](O)C[124I].O=C[C@@H](O)[C@@H](O)[C@H]([124I])[C@H](O)CO. The lowest BCUT2D eigenvalue weighted by molar-refractivity contribution is -0.131. The summed E-state index contributed by atoms with van der Waals surface area (Å²) in [6.07, 6.45) is -9.66. The number of aliphatic hydroxyl groups excluding tert-OH is 8. The predicted octanol–water partition coefficient (Wildman–Crippen LogP) is -3.87. The highest BCUT2D eigenvalue weighted by Gasteiger charge is 2.29. The first-order valence-corrected chi connectivity index (χ1v) is 9.33. The molecule has 8 N–H and O–H groups in total. The summed E-state index contributed by atoms with van der Waals surface area (Å²) in [6.45, 7) is -0.518. The Bertz CT molecular complexity index is 316. The Labute approximate surface area is 165 Å². The quantitative estimate of drug-likeness (QED) is 0.0727. The molecule has 0 fully saturated rings. The van der Waals surface area contributed by atoms with E-state index in [1.165, 1.54) is 0 Å². The van der Waals surface area contributed by atoms with Crippen molar-refractivity contribution in [3.63, 3.8) is 0 Å². The zero-order valence-electron chi connectivity index (χ0n) is 12.3. The van der Waals surface area contributed by atoms with Crippen molar-refractivity contribution in [3.05, 3.63) is 0 Å². The van der Waals surface area contributed by atoms with E-state index < -0.39 is 53.3 Å². The van der Waals surface area contributed by atoms with Gasteiger partial charge in [-0.15, -0.1) is 0 Å². The number of alkyl halides is 2. The molecule has 0 heterocycles. The largest absolute Gasteiger partial charge is 0.394 e. The maximum absolute atomic E-state index is 10.0. The summed E-state index contributed by atoms with van der Waals surface area (Å²) in [4.78, 5) is 20.0. The summed E-state index contributed by atoms with van der Waals surface area (Å²) in [6, 6.07) is 0. The van der Waals surface area contributed by atoms with Crippen LogP contribution in [0.1, 0.15) is 0 Å². The Balaban J connectivity index is 0. The van der Waals surface area contributed by atoms with Gasteiger partial charge in [0.2, 0.25) is 0 Å². The summed E-state index contributed by atoms with van der Waals surface area (Å²) in [5.74, 6) is 0. The molecule has 12 heteroatoms. The standard InChI is InChI=1S/2C6H11IO5/c7-5(3(10)1-8)6(12)4(11)2-9;7-1-3(9)5(11)6(12)4(10)2-8/h2-6,8,10-12H,1H2;2-6,9-12H,1H2/t2*3-,4-,5-,6-/m11/s1/i2*7-3. The van der Waals surface area contributed by atoms with Gasteiger partial charge in [-0.05, 0) is 0 Å². The molecule has 0 aromatic heterocycles. The third-order valence-electron chi connectivity index (χ3n) is 2.76. The molecule has 0 rings (SSSR count). The number of carbonyl (C=O) groups excluding carboxylic acids is 2. The van der Waals surface area contributed by atoms with E-state index in [4.69, 9.17) is 40.9 Å². The molecular formula is C12H22I2O10. The highest BCUT2D eigenvalue weighted by molar-refractivity contribution is 14.1. The topological polar surface area (TPSA) is 196 Å². The van der Waals surface area contributed by atoms with Crippen LogP contribution in [0, 0.1) is 0 Å². The van der Waals surface area contributed by atoms with Gasteiger partial charge in [-0.2, -0.15) is 0 Å². The second-order valence-corrected chi connectivity index (χ2v) is 6.96. The lowest BCUT2D eigenvalue weighted by atomic mass is 10.1. The molecule has 24 heavy (non-hydrogen) atoms. The van der Waals surface area contributed by atoms with Crippen LogP contribution >= 0.6 is 45.2 Å². The van der Waals surface area contributed by atoms with Crippen LogP contribution in [-0.2, 0) is 9.59 Å². The third kappa shape index (κ3) is 9.83. The molecule has 0 aliphatic carbocycles. The molecule has 0 saturated heterocycles. The first kappa shape index (κ1) is 26.7. The zero-order chi connectivity index (χ0) is 19.4. The van der Waals surface area contributed by atoms with E-state index in [1.807, 2.05) is 0 Å². The predicted molar refractivity (Wildman–Crippen MR) is 98.0 cm³/mol. The van der Waals surface area contributed by atoms with Crippen molar-refractivity contribution < 1.29 is 50.4 Å². The van der Waals surface area contributed by atoms with E-state index in [2.05, 4.69) is 0 Å². The number of aldehydes is 2. The number of aliphatic hydroxyl groups is 8. The fourth-order valence-electron chi connectivity index (χ4n) is 1.20. The van der Waals surface area contributed by atoms with Gasteiger partial charge in [-0.3, -0.25) is 0 Å². The highest BCUT2D eigenvalue weighted by Crippen LogP contribution is 2.13. The molecule has 8 atom stereocenters. The average molecular weight is 574 g/mol. The molecule has 0 bridgehead atoms. The molecule has 10 nitrogen and oxygen atoms in total. The van der Waals surface area contributed by atoms with Gasteiger partial charge in [0.1, 0.15) is 30.5 Å². The number of hydrogen-bond acceptors (Lipinski definition) is 10. The van der Waals surface area contributed by atoms with Crippen LogP contribution in [0.25, 0.3) is 0 Å². The normalized spacial score (nSPS) is 21.1. The maximum Gasteiger partial charge on any atom is 0.151 e. The van der Waals surface area contributed by atoms with E-state index in [9.17, 15) is 9.59 Å². The van der Waals surface area contributed by atoms with Crippen molar-refractivity contribution in [2.75, 3.05) is 11.0 Å². The molecule has 0 saturated carbocycles. The summed E-state index contributed by atoms with van der Waals surface area (Å²) in [5, 5.41) is 71.2. The second kappa shape index (κ2) is 14.6. The summed E-state index contributed by atoms with van der Waals surface area (Å²) in [7, 11) is 0. The van der Waals surface area contributed by atoms with E-state index in [-0.39, 0.29) is 17.0 Å². The van der Waals surface area contributed by atoms with E-state index >= 15 is 0 Å². The van der Waals surface area contributed by atoms with Crippen LogP contribution in [0.5, 0.6) is 0 Å². The van der Waals surface area contributed by atoms with Crippen LogP contribution in [-0.4, -0.2) is 111 Å². The van der Waals surface area contributed by atoms with Gasteiger partial charge in [0.05, 0.1) is 22.7 Å². The van der Waals surface area contributed by atoms with Gasteiger partial charge in [0.15, 0.2) is 12.6 Å². The Hall–Kier alpha value is 0.480.